The van der Waals surface area contributed by atoms with Gasteiger partial charge in [0.15, 0.2) is 0 Å². The van der Waals surface area contributed by atoms with Gasteiger partial charge in [-0.3, -0.25) is 9.69 Å². The van der Waals surface area contributed by atoms with Crippen molar-refractivity contribution in [2.45, 2.75) is 38.8 Å². The van der Waals surface area contributed by atoms with Crippen LogP contribution in [0.4, 0.5) is 0 Å². The zero-order chi connectivity index (χ0) is 15.5. The maximum Gasteiger partial charge on any atom is 0.247 e. The molecule has 2 atom stereocenters. The molecule has 1 heterocycles. The summed E-state index contributed by atoms with van der Waals surface area (Å²) in [5.74, 6) is 0.0255. The summed E-state index contributed by atoms with van der Waals surface area (Å²) in [6, 6.07) is 10.2. The zero-order valence-electron chi connectivity index (χ0n) is 13.4. The molecular weight excluding hydrogens is 262 g/mol. The van der Waals surface area contributed by atoms with E-state index in [4.69, 9.17) is 5.73 Å². The maximum atomic E-state index is 12.7. The highest BCUT2D eigenvalue weighted by molar-refractivity contribution is 5.87. The van der Waals surface area contributed by atoms with Crippen molar-refractivity contribution in [3.63, 3.8) is 0 Å². The molecule has 116 valence electrons. The van der Waals surface area contributed by atoms with Crippen LogP contribution in [0, 0.1) is 0 Å². The maximum absolute atomic E-state index is 12.7. The van der Waals surface area contributed by atoms with Crippen LogP contribution in [-0.2, 0) is 10.3 Å². The van der Waals surface area contributed by atoms with Crippen molar-refractivity contribution in [3.05, 3.63) is 35.9 Å². The molecule has 1 fully saturated rings. The van der Waals surface area contributed by atoms with E-state index in [1.54, 1.807) is 0 Å². The van der Waals surface area contributed by atoms with Gasteiger partial charge in [-0.05, 0) is 25.8 Å². The SMILES string of the molecule is CCC(C)N1CCN(C(=O)C(C)(N)c2ccccc2)CC1. The molecule has 1 saturated heterocycles. The predicted octanol–water partition coefficient (Wildman–Crippen LogP) is 1.80. The molecule has 1 aromatic rings. The fourth-order valence-corrected chi connectivity index (χ4v) is 2.86. The van der Waals surface area contributed by atoms with Crippen molar-refractivity contribution < 1.29 is 4.79 Å². The van der Waals surface area contributed by atoms with Crippen molar-refractivity contribution in [2.24, 2.45) is 5.73 Å². The lowest BCUT2D eigenvalue weighted by molar-refractivity contribution is -0.138. The van der Waals surface area contributed by atoms with Gasteiger partial charge in [-0.2, -0.15) is 0 Å². The summed E-state index contributed by atoms with van der Waals surface area (Å²) in [5, 5.41) is 0. The Morgan fingerprint density at radius 2 is 1.81 bits per heavy atom. The Kier molecular flexibility index (Phi) is 5.01. The van der Waals surface area contributed by atoms with Gasteiger partial charge in [0.25, 0.3) is 0 Å². The number of carbonyl (C=O) groups excluding carboxylic acids is 1. The summed E-state index contributed by atoms with van der Waals surface area (Å²) in [4.78, 5) is 17.1. The highest BCUT2D eigenvalue weighted by Crippen LogP contribution is 2.21. The number of rotatable bonds is 4. The van der Waals surface area contributed by atoms with E-state index in [-0.39, 0.29) is 5.91 Å². The third-order valence-electron chi connectivity index (χ3n) is 4.63. The molecule has 1 amide bonds. The lowest BCUT2D eigenvalue weighted by Crippen LogP contribution is -2.57. The molecule has 4 nitrogen and oxygen atoms in total. The normalized spacial score (nSPS) is 20.9. The van der Waals surface area contributed by atoms with Crippen LogP contribution in [0.15, 0.2) is 30.3 Å². The van der Waals surface area contributed by atoms with E-state index in [1.165, 1.54) is 0 Å². The minimum Gasteiger partial charge on any atom is -0.338 e. The second kappa shape index (κ2) is 6.58. The van der Waals surface area contributed by atoms with Crippen LogP contribution in [-0.4, -0.2) is 47.9 Å². The number of hydrogen-bond donors (Lipinski definition) is 1. The standard InChI is InChI=1S/C17H27N3O/c1-4-14(2)19-10-12-20(13-11-19)16(21)17(3,18)15-8-6-5-7-9-15/h5-9,14H,4,10-13,18H2,1-3H3. The lowest BCUT2D eigenvalue weighted by atomic mass is 9.91. The van der Waals surface area contributed by atoms with Gasteiger partial charge in [-0.15, -0.1) is 0 Å². The molecule has 0 bridgehead atoms. The predicted molar refractivity (Wildman–Crippen MR) is 85.9 cm³/mol. The molecule has 4 heteroatoms. The summed E-state index contributed by atoms with van der Waals surface area (Å²) in [7, 11) is 0. The van der Waals surface area contributed by atoms with E-state index in [0.717, 1.165) is 38.2 Å². The minimum atomic E-state index is -0.945. The number of benzene rings is 1. The van der Waals surface area contributed by atoms with E-state index in [1.807, 2.05) is 42.2 Å². The van der Waals surface area contributed by atoms with Crippen LogP contribution >= 0.6 is 0 Å². The number of nitrogens with two attached hydrogens (primary N) is 1. The lowest BCUT2D eigenvalue weighted by Gasteiger charge is -2.40. The Hall–Kier alpha value is -1.39. The van der Waals surface area contributed by atoms with Crippen molar-refractivity contribution in [3.8, 4) is 0 Å². The van der Waals surface area contributed by atoms with Gasteiger partial charge in [-0.1, -0.05) is 37.3 Å². The van der Waals surface area contributed by atoms with Gasteiger partial charge in [0, 0.05) is 32.2 Å². The van der Waals surface area contributed by atoms with Gasteiger partial charge >= 0.3 is 0 Å². The summed E-state index contributed by atoms with van der Waals surface area (Å²) < 4.78 is 0. The smallest absolute Gasteiger partial charge is 0.247 e. The third-order valence-corrected chi connectivity index (χ3v) is 4.63. The summed E-state index contributed by atoms with van der Waals surface area (Å²) in [6.07, 6.45) is 1.15. The molecule has 0 aromatic heterocycles. The molecule has 1 aromatic carbocycles. The topological polar surface area (TPSA) is 49.6 Å². The summed E-state index contributed by atoms with van der Waals surface area (Å²) in [5.41, 5.74) is 6.26. The zero-order valence-corrected chi connectivity index (χ0v) is 13.4. The Balaban J connectivity index is 2.02. The van der Waals surface area contributed by atoms with Crippen LogP contribution in [0.2, 0.25) is 0 Å². The van der Waals surface area contributed by atoms with Crippen LogP contribution in [0.3, 0.4) is 0 Å². The molecule has 2 unspecified atom stereocenters. The quantitative estimate of drug-likeness (QED) is 0.919. The monoisotopic (exact) mass is 289 g/mol. The molecule has 1 aliphatic rings. The van der Waals surface area contributed by atoms with Crippen LogP contribution in [0.1, 0.15) is 32.8 Å². The Morgan fingerprint density at radius 1 is 1.24 bits per heavy atom. The molecule has 2 rings (SSSR count). The van der Waals surface area contributed by atoms with Crippen LogP contribution < -0.4 is 5.73 Å². The van der Waals surface area contributed by atoms with Crippen LogP contribution in [0.25, 0.3) is 0 Å². The molecule has 0 radical (unpaired) electrons. The second-order valence-electron chi connectivity index (χ2n) is 6.15. The molecular formula is C17H27N3O. The number of nitrogens with zero attached hydrogens (tertiary/aromatic N) is 2. The molecule has 0 aliphatic carbocycles. The number of hydrogen-bond acceptors (Lipinski definition) is 3. The number of carbonyl (C=O) groups is 1. The molecule has 2 N–H and O–H groups in total. The van der Waals surface area contributed by atoms with E-state index in [9.17, 15) is 4.79 Å². The van der Waals surface area contributed by atoms with Gasteiger partial charge in [0.1, 0.15) is 5.54 Å². The summed E-state index contributed by atoms with van der Waals surface area (Å²) >= 11 is 0. The van der Waals surface area contributed by atoms with E-state index in [0.29, 0.717) is 6.04 Å². The van der Waals surface area contributed by atoms with E-state index >= 15 is 0 Å². The molecule has 0 spiro atoms. The van der Waals surface area contributed by atoms with Gasteiger partial charge in [0.2, 0.25) is 5.91 Å². The molecule has 0 saturated carbocycles. The van der Waals surface area contributed by atoms with Crippen molar-refractivity contribution in [1.82, 2.24) is 9.80 Å². The van der Waals surface area contributed by atoms with Crippen molar-refractivity contribution in [2.75, 3.05) is 26.2 Å². The summed E-state index contributed by atoms with van der Waals surface area (Å²) in [6.45, 7) is 9.66. The van der Waals surface area contributed by atoms with Gasteiger partial charge in [0.05, 0.1) is 0 Å². The largest absolute Gasteiger partial charge is 0.338 e. The number of piperazine rings is 1. The van der Waals surface area contributed by atoms with Crippen molar-refractivity contribution >= 4 is 5.91 Å². The average molecular weight is 289 g/mol. The first-order chi connectivity index (χ1) is 9.96. The van der Waals surface area contributed by atoms with Crippen LogP contribution in [0.5, 0.6) is 0 Å². The Bertz CT molecular complexity index is 464. The first-order valence-corrected chi connectivity index (χ1v) is 7.84. The second-order valence-corrected chi connectivity index (χ2v) is 6.15. The first-order valence-electron chi connectivity index (χ1n) is 7.84. The van der Waals surface area contributed by atoms with E-state index < -0.39 is 5.54 Å². The van der Waals surface area contributed by atoms with Gasteiger partial charge in [-0.25, -0.2) is 0 Å². The Labute approximate surface area is 127 Å². The highest BCUT2D eigenvalue weighted by atomic mass is 16.2. The fraction of sp³-hybridized carbons (Fsp3) is 0.588. The number of amides is 1. The Morgan fingerprint density at radius 3 is 2.33 bits per heavy atom. The average Bonchev–Trinajstić information content (AvgIpc) is 2.54. The minimum absolute atomic E-state index is 0.0255. The van der Waals surface area contributed by atoms with Gasteiger partial charge < -0.3 is 10.6 Å². The highest BCUT2D eigenvalue weighted by Gasteiger charge is 2.35. The molecule has 1 aliphatic heterocycles. The fourth-order valence-electron chi connectivity index (χ4n) is 2.86. The first kappa shape index (κ1) is 16.0. The van der Waals surface area contributed by atoms with E-state index in [2.05, 4.69) is 18.7 Å². The molecule has 21 heavy (non-hydrogen) atoms. The van der Waals surface area contributed by atoms with Crippen molar-refractivity contribution in [1.29, 1.82) is 0 Å². The third kappa shape index (κ3) is 3.44.